The van der Waals surface area contributed by atoms with Gasteiger partial charge in [0.1, 0.15) is 0 Å². The third-order valence-corrected chi connectivity index (χ3v) is 0. The maximum atomic E-state index is 8.55. The van der Waals surface area contributed by atoms with Crippen LogP contribution in [0.2, 0.25) is 0 Å². The van der Waals surface area contributed by atoms with Crippen molar-refractivity contribution < 1.29 is 38.7 Å². The molecule has 4 nitrogen and oxygen atoms in total. The van der Waals surface area contributed by atoms with E-state index in [-0.39, 0.29) is 19.5 Å². The molecule has 0 aliphatic rings. The molecule has 0 bridgehead atoms. The van der Waals surface area contributed by atoms with E-state index >= 15 is 0 Å². The zero-order valence-electron chi connectivity index (χ0n) is 2.79. The van der Waals surface area contributed by atoms with Crippen LogP contribution in [0.1, 0.15) is 0 Å². The van der Waals surface area contributed by atoms with Crippen molar-refractivity contribution in [3.05, 3.63) is 0 Å². The fourth-order valence-corrected chi connectivity index (χ4v) is 0. The van der Waals surface area contributed by atoms with Crippen molar-refractivity contribution >= 4 is 7.82 Å². The number of hydrogen-bond donors (Lipinski definition) is 0. The minimum Gasteiger partial charge on any atom is -0.822 e. The third-order valence-electron chi connectivity index (χ3n) is 0. The first-order valence-electron chi connectivity index (χ1n) is 0.730. The van der Waals surface area contributed by atoms with Crippen molar-refractivity contribution in [1.82, 2.24) is 0 Å². The van der Waals surface area contributed by atoms with Gasteiger partial charge in [-0.25, -0.2) is 0 Å². The summed E-state index contributed by atoms with van der Waals surface area (Å²) in [5, 5.41) is 0. The summed E-state index contributed by atoms with van der Waals surface area (Å²) >= 11 is 0. The third kappa shape index (κ3) is 123. The van der Waals surface area contributed by atoms with Crippen LogP contribution < -0.4 is 14.7 Å². The quantitative estimate of drug-likeness (QED) is 0.282. The van der Waals surface area contributed by atoms with Crippen LogP contribution in [-0.4, -0.2) is 0 Å². The summed E-state index contributed by atoms with van der Waals surface area (Å²) in [7, 11) is -5.39. The summed E-state index contributed by atoms with van der Waals surface area (Å²) < 4.78 is 8.55. The van der Waals surface area contributed by atoms with Crippen LogP contribution >= 0.6 is 7.82 Å². The molecule has 0 amide bonds. The fraction of sp³-hybridized carbons (Fsp3) is 0. The Morgan fingerprint density at radius 3 is 1.17 bits per heavy atom. The summed E-state index contributed by atoms with van der Waals surface area (Å²) in [4.78, 5) is 25.6. The van der Waals surface area contributed by atoms with E-state index < -0.39 is 7.82 Å². The monoisotopic (exact) mass is 159 g/mol. The first-order valence-corrected chi connectivity index (χ1v) is 2.19. The van der Waals surface area contributed by atoms with E-state index in [4.69, 9.17) is 19.2 Å². The largest absolute Gasteiger partial charge is 3.00 e. The van der Waals surface area contributed by atoms with Crippen LogP contribution in [0.25, 0.3) is 0 Å². The second-order valence-electron chi connectivity index (χ2n) is 0.447. The molecule has 0 aromatic heterocycles. The van der Waals surface area contributed by atoms with Gasteiger partial charge in [-0.1, -0.05) is 0 Å². The molecule has 0 aromatic carbocycles. The van der Waals surface area contributed by atoms with Crippen LogP contribution in [0.5, 0.6) is 0 Å². The van der Waals surface area contributed by atoms with E-state index in [2.05, 4.69) is 0 Å². The molecule has 0 saturated carbocycles. The zero-order valence-corrected chi connectivity index (χ0v) is 6.65. The predicted octanol–water partition coefficient (Wildman–Crippen LogP) is -2.83. The van der Waals surface area contributed by atoms with Gasteiger partial charge in [0.15, 0.2) is 0 Å². The minimum atomic E-state index is -5.39. The topological polar surface area (TPSA) is 86.2 Å². The molecule has 0 saturated heterocycles. The van der Waals surface area contributed by atoms with Crippen molar-refractivity contribution in [2.45, 2.75) is 0 Å². The molecule has 0 radical (unpaired) electrons. The Morgan fingerprint density at radius 2 is 1.17 bits per heavy atom. The zero-order chi connectivity index (χ0) is 4.50. The molecule has 0 spiro atoms. The summed E-state index contributed by atoms with van der Waals surface area (Å²) in [6, 6.07) is 0. The normalized spacial score (nSPS) is 9.83. The summed E-state index contributed by atoms with van der Waals surface area (Å²) in [5.41, 5.74) is 0. The van der Waals surface area contributed by atoms with Crippen molar-refractivity contribution in [1.29, 1.82) is 0 Å². The average Bonchev–Trinajstić information content (AvgIpc) is 0.722. The van der Waals surface area contributed by atoms with E-state index in [0.717, 1.165) is 0 Å². The molecule has 0 aliphatic heterocycles. The van der Waals surface area contributed by atoms with Crippen LogP contribution in [0.15, 0.2) is 0 Å². The standard InChI is InChI=1S/H3O4P.Zn/c1-5(2,3)4;/h(H3,1,2,3,4);/q;+3/p-3. The van der Waals surface area contributed by atoms with Gasteiger partial charge in [-0.05, 0) is 0 Å². The molecule has 0 unspecified atom stereocenters. The SMILES string of the molecule is O=P([O-])([O-])[O-].[Zn+3]. The molecule has 0 fully saturated rings. The Bertz CT molecular complexity index is 53.7. The van der Waals surface area contributed by atoms with Crippen LogP contribution in [-0.2, 0) is 24.0 Å². The molecule has 0 atom stereocenters. The molecule has 0 N–H and O–H groups in total. The molecular formula is O4PZn. The smallest absolute Gasteiger partial charge is 0.822 e. The van der Waals surface area contributed by atoms with Gasteiger partial charge in [0.2, 0.25) is 0 Å². The van der Waals surface area contributed by atoms with E-state index in [9.17, 15) is 0 Å². The van der Waals surface area contributed by atoms with Gasteiger partial charge in [0.05, 0.1) is 0 Å². The van der Waals surface area contributed by atoms with Crippen LogP contribution in [0, 0.1) is 0 Å². The predicted molar refractivity (Wildman–Crippen MR) is 7.61 cm³/mol. The van der Waals surface area contributed by atoms with Crippen LogP contribution in [0.4, 0.5) is 0 Å². The summed E-state index contributed by atoms with van der Waals surface area (Å²) in [6.45, 7) is 0. The Morgan fingerprint density at radius 1 is 1.17 bits per heavy atom. The molecule has 0 heterocycles. The van der Waals surface area contributed by atoms with Crippen molar-refractivity contribution in [3.63, 3.8) is 0 Å². The number of hydrogen-bond acceptors (Lipinski definition) is 4. The van der Waals surface area contributed by atoms with Gasteiger partial charge < -0.3 is 19.2 Å². The minimum absolute atomic E-state index is 0. The average molecular weight is 160 g/mol. The van der Waals surface area contributed by atoms with E-state index in [1.54, 1.807) is 0 Å². The molecular weight excluding hydrogens is 160 g/mol. The molecule has 6 heteroatoms. The second-order valence-corrected chi connectivity index (χ2v) is 1.34. The maximum absolute atomic E-state index is 8.55. The van der Waals surface area contributed by atoms with Crippen LogP contribution in [0.3, 0.4) is 0 Å². The van der Waals surface area contributed by atoms with Gasteiger partial charge in [-0.2, -0.15) is 7.82 Å². The summed E-state index contributed by atoms with van der Waals surface area (Å²) in [5.74, 6) is 0. The fourth-order valence-electron chi connectivity index (χ4n) is 0. The van der Waals surface area contributed by atoms with Gasteiger partial charge >= 0.3 is 19.5 Å². The number of rotatable bonds is 0. The maximum Gasteiger partial charge on any atom is 3.00 e. The van der Waals surface area contributed by atoms with Gasteiger partial charge in [0.25, 0.3) is 0 Å². The van der Waals surface area contributed by atoms with Gasteiger partial charge in [-0.15, -0.1) is 0 Å². The first kappa shape index (κ1) is 9.88. The van der Waals surface area contributed by atoms with E-state index in [1.165, 1.54) is 0 Å². The Balaban J connectivity index is 0. The van der Waals surface area contributed by atoms with Gasteiger partial charge in [-0.3, -0.25) is 0 Å². The van der Waals surface area contributed by atoms with E-state index in [0.29, 0.717) is 0 Å². The first-order chi connectivity index (χ1) is 2.00. The second kappa shape index (κ2) is 2.83. The molecule has 0 aromatic rings. The molecule has 6 heavy (non-hydrogen) atoms. The van der Waals surface area contributed by atoms with E-state index in [1.807, 2.05) is 0 Å². The van der Waals surface area contributed by atoms with Gasteiger partial charge in [0, 0.05) is 0 Å². The number of phosphoric acid groups is 1. The summed E-state index contributed by atoms with van der Waals surface area (Å²) in [6.07, 6.45) is 0. The van der Waals surface area contributed by atoms with Crippen molar-refractivity contribution in [3.8, 4) is 0 Å². The molecule has 0 rings (SSSR count). The molecule has 0 aliphatic carbocycles. The Hall–Kier alpha value is 0.733. The van der Waals surface area contributed by atoms with Crippen molar-refractivity contribution in [2.24, 2.45) is 0 Å². The van der Waals surface area contributed by atoms with Crippen molar-refractivity contribution in [2.75, 3.05) is 0 Å². The molecule has 31 valence electrons. The Labute approximate surface area is 47.2 Å². The Kier molecular flexibility index (Phi) is 4.66.